The number of aromatic nitrogens is 1. The summed E-state index contributed by atoms with van der Waals surface area (Å²) in [6, 6.07) is 14.2. The van der Waals surface area contributed by atoms with Crippen LogP contribution in [-0.2, 0) is 6.42 Å². The molecule has 1 aromatic heterocycles. The van der Waals surface area contributed by atoms with Crippen molar-refractivity contribution in [2.24, 2.45) is 0 Å². The summed E-state index contributed by atoms with van der Waals surface area (Å²) in [5.74, 6) is -0.00208. The average Bonchev–Trinajstić information content (AvgIpc) is 2.60. The van der Waals surface area contributed by atoms with E-state index >= 15 is 0 Å². The van der Waals surface area contributed by atoms with Crippen LogP contribution in [0.5, 0.6) is 0 Å². The van der Waals surface area contributed by atoms with Crippen molar-refractivity contribution in [1.29, 1.82) is 0 Å². The van der Waals surface area contributed by atoms with Gasteiger partial charge in [0.05, 0.1) is 0 Å². The highest BCUT2D eigenvalue weighted by atomic mass is 16.2. The van der Waals surface area contributed by atoms with Crippen molar-refractivity contribution >= 4 is 22.4 Å². The number of hydrogen-bond acceptors (Lipinski definition) is 2. The van der Waals surface area contributed by atoms with Gasteiger partial charge in [0.2, 0.25) is 0 Å². The molecule has 3 aromatic rings. The minimum Gasteiger partial charge on any atom is -0.307 e. The first-order valence-corrected chi connectivity index (χ1v) is 8.41. The molecule has 1 amide bonds. The number of aryl methyl sites for hydroxylation is 2. The number of benzene rings is 2. The highest BCUT2D eigenvalue weighted by molar-refractivity contribution is 6.13. The van der Waals surface area contributed by atoms with Crippen molar-refractivity contribution in [3.8, 4) is 0 Å². The Balaban J connectivity index is 1.84. The summed E-state index contributed by atoms with van der Waals surface area (Å²) in [5.41, 5.74) is 5.35. The molecule has 2 heterocycles. The van der Waals surface area contributed by atoms with Gasteiger partial charge in [-0.3, -0.25) is 9.78 Å². The van der Waals surface area contributed by atoms with Gasteiger partial charge in [-0.2, -0.15) is 0 Å². The highest BCUT2D eigenvalue weighted by Crippen LogP contribution is 2.32. The van der Waals surface area contributed by atoms with Crippen LogP contribution in [0.15, 0.2) is 48.7 Å². The maximum Gasteiger partial charge on any atom is 0.277 e. The molecular formula is C21H20N2O. The first-order chi connectivity index (χ1) is 11.6. The number of pyridine rings is 1. The lowest BCUT2D eigenvalue weighted by Gasteiger charge is -2.31. The summed E-state index contributed by atoms with van der Waals surface area (Å²) in [7, 11) is 0. The van der Waals surface area contributed by atoms with Crippen LogP contribution in [0, 0.1) is 13.8 Å². The number of amides is 1. The van der Waals surface area contributed by atoms with E-state index in [9.17, 15) is 4.79 Å². The Morgan fingerprint density at radius 3 is 2.83 bits per heavy atom. The molecule has 0 N–H and O–H groups in total. The minimum atomic E-state index is -0.00208. The van der Waals surface area contributed by atoms with Gasteiger partial charge in [0.15, 0.2) is 0 Å². The predicted molar refractivity (Wildman–Crippen MR) is 97.7 cm³/mol. The SMILES string of the molecule is Cc1cc(C)c2c(c1)N(C(=O)c1nccc3ccccc13)CCC2. The van der Waals surface area contributed by atoms with E-state index in [1.54, 1.807) is 6.20 Å². The molecule has 3 heteroatoms. The molecule has 0 aliphatic carbocycles. The topological polar surface area (TPSA) is 33.2 Å². The van der Waals surface area contributed by atoms with Crippen molar-refractivity contribution in [2.45, 2.75) is 26.7 Å². The number of nitrogens with zero attached hydrogens (tertiary/aromatic N) is 2. The molecule has 0 unspecified atom stereocenters. The molecule has 0 bridgehead atoms. The Labute approximate surface area is 141 Å². The van der Waals surface area contributed by atoms with Crippen LogP contribution in [0.3, 0.4) is 0 Å². The molecule has 0 spiro atoms. The second kappa shape index (κ2) is 5.75. The van der Waals surface area contributed by atoms with Crippen LogP contribution in [0.1, 0.15) is 33.6 Å². The molecule has 4 rings (SSSR count). The fourth-order valence-corrected chi connectivity index (χ4v) is 3.70. The van der Waals surface area contributed by atoms with E-state index in [0.29, 0.717) is 5.69 Å². The van der Waals surface area contributed by atoms with Crippen LogP contribution in [0.2, 0.25) is 0 Å². The Morgan fingerprint density at radius 1 is 1.12 bits per heavy atom. The van der Waals surface area contributed by atoms with Gasteiger partial charge in [-0.1, -0.05) is 30.3 Å². The quantitative estimate of drug-likeness (QED) is 0.665. The van der Waals surface area contributed by atoms with E-state index < -0.39 is 0 Å². The molecule has 0 fully saturated rings. The van der Waals surface area contributed by atoms with E-state index in [1.807, 2.05) is 35.2 Å². The predicted octanol–water partition coefficient (Wildman–Crippen LogP) is 4.44. The molecule has 0 radical (unpaired) electrons. The average molecular weight is 316 g/mol. The molecule has 1 aliphatic heterocycles. The molecule has 0 saturated heterocycles. The minimum absolute atomic E-state index is 0.00208. The smallest absolute Gasteiger partial charge is 0.277 e. The van der Waals surface area contributed by atoms with Crippen LogP contribution in [0.25, 0.3) is 10.8 Å². The van der Waals surface area contributed by atoms with Crippen LogP contribution in [-0.4, -0.2) is 17.4 Å². The fraction of sp³-hybridized carbons (Fsp3) is 0.238. The summed E-state index contributed by atoms with van der Waals surface area (Å²) >= 11 is 0. The van der Waals surface area contributed by atoms with E-state index in [1.165, 1.54) is 16.7 Å². The lowest BCUT2D eigenvalue weighted by molar-refractivity contribution is 0.0982. The molecular weight excluding hydrogens is 296 g/mol. The van der Waals surface area contributed by atoms with Crippen molar-refractivity contribution < 1.29 is 4.79 Å². The zero-order valence-electron chi connectivity index (χ0n) is 14.0. The van der Waals surface area contributed by atoms with Gasteiger partial charge in [-0.15, -0.1) is 0 Å². The summed E-state index contributed by atoms with van der Waals surface area (Å²) in [5, 5.41) is 1.97. The number of anilines is 1. The van der Waals surface area contributed by atoms with Gasteiger partial charge in [0.1, 0.15) is 5.69 Å². The van der Waals surface area contributed by atoms with Gasteiger partial charge in [-0.25, -0.2) is 0 Å². The summed E-state index contributed by atoms with van der Waals surface area (Å²) in [4.78, 5) is 19.6. The van der Waals surface area contributed by atoms with Gasteiger partial charge in [0, 0.05) is 23.8 Å². The number of carbonyl (C=O) groups is 1. The third kappa shape index (κ3) is 2.37. The first kappa shape index (κ1) is 14.9. The largest absolute Gasteiger partial charge is 0.307 e. The lowest BCUT2D eigenvalue weighted by Crippen LogP contribution is -2.36. The Hall–Kier alpha value is -2.68. The fourth-order valence-electron chi connectivity index (χ4n) is 3.70. The number of fused-ring (bicyclic) bond motifs is 2. The molecule has 24 heavy (non-hydrogen) atoms. The van der Waals surface area contributed by atoms with Crippen molar-refractivity contribution in [1.82, 2.24) is 4.98 Å². The highest BCUT2D eigenvalue weighted by Gasteiger charge is 2.26. The van der Waals surface area contributed by atoms with Gasteiger partial charge >= 0.3 is 0 Å². The molecule has 2 aromatic carbocycles. The normalized spacial score (nSPS) is 13.8. The van der Waals surface area contributed by atoms with E-state index in [2.05, 4.69) is 31.0 Å². The number of carbonyl (C=O) groups excluding carboxylic acids is 1. The lowest BCUT2D eigenvalue weighted by atomic mass is 9.94. The third-order valence-electron chi connectivity index (χ3n) is 4.81. The number of hydrogen-bond donors (Lipinski definition) is 0. The molecule has 1 aliphatic rings. The van der Waals surface area contributed by atoms with Crippen molar-refractivity contribution in [3.63, 3.8) is 0 Å². The molecule has 0 saturated carbocycles. The summed E-state index contributed by atoms with van der Waals surface area (Å²) in [6.07, 6.45) is 3.75. The van der Waals surface area contributed by atoms with E-state index in [4.69, 9.17) is 0 Å². The summed E-state index contributed by atoms with van der Waals surface area (Å²) < 4.78 is 0. The van der Waals surface area contributed by atoms with Gasteiger partial charge in [-0.05, 0) is 60.9 Å². The Morgan fingerprint density at radius 2 is 1.96 bits per heavy atom. The second-order valence-corrected chi connectivity index (χ2v) is 6.52. The first-order valence-electron chi connectivity index (χ1n) is 8.41. The van der Waals surface area contributed by atoms with Gasteiger partial charge in [0.25, 0.3) is 5.91 Å². The van der Waals surface area contributed by atoms with Crippen LogP contribution in [0.4, 0.5) is 5.69 Å². The van der Waals surface area contributed by atoms with Gasteiger partial charge < -0.3 is 4.90 Å². The Bertz CT molecular complexity index is 940. The molecule has 3 nitrogen and oxygen atoms in total. The van der Waals surface area contributed by atoms with Crippen molar-refractivity contribution in [3.05, 3.63) is 71.0 Å². The molecule has 0 atom stereocenters. The maximum absolute atomic E-state index is 13.3. The van der Waals surface area contributed by atoms with E-state index in [-0.39, 0.29) is 5.91 Å². The monoisotopic (exact) mass is 316 g/mol. The zero-order valence-corrected chi connectivity index (χ0v) is 14.0. The van der Waals surface area contributed by atoms with Crippen molar-refractivity contribution in [2.75, 3.05) is 11.4 Å². The standard InChI is InChI=1S/C21H20N2O/c1-14-12-15(2)17-8-5-11-23(19(17)13-14)21(24)20-18-7-4-3-6-16(18)9-10-22-20/h3-4,6-7,9-10,12-13H,5,8,11H2,1-2H3. The van der Waals surface area contributed by atoms with Crippen LogP contribution < -0.4 is 4.90 Å². The van der Waals surface area contributed by atoms with Crippen LogP contribution >= 0.6 is 0 Å². The maximum atomic E-state index is 13.3. The molecule has 120 valence electrons. The zero-order chi connectivity index (χ0) is 16.7. The second-order valence-electron chi connectivity index (χ2n) is 6.52. The summed E-state index contributed by atoms with van der Waals surface area (Å²) in [6.45, 7) is 4.97. The Kier molecular flexibility index (Phi) is 3.57. The third-order valence-corrected chi connectivity index (χ3v) is 4.81. The van der Waals surface area contributed by atoms with E-state index in [0.717, 1.165) is 35.8 Å². The number of rotatable bonds is 1.